The van der Waals surface area contributed by atoms with Crippen molar-refractivity contribution in [1.29, 1.82) is 0 Å². The predicted molar refractivity (Wildman–Crippen MR) is 131 cm³/mol. The molecule has 3 aromatic rings. The van der Waals surface area contributed by atoms with Gasteiger partial charge in [-0.05, 0) is 48.7 Å². The van der Waals surface area contributed by atoms with Crippen LogP contribution in [0.25, 0.3) is 0 Å². The van der Waals surface area contributed by atoms with E-state index in [0.717, 1.165) is 5.56 Å². The highest BCUT2D eigenvalue weighted by molar-refractivity contribution is 6.02. The van der Waals surface area contributed by atoms with E-state index in [1.165, 1.54) is 24.2 Å². The zero-order chi connectivity index (χ0) is 26.0. The molecule has 0 bridgehead atoms. The molecule has 1 saturated heterocycles. The number of carbonyl (C=O) groups is 2. The van der Waals surface area contributed by atoms with Crippen molar-refractivity contribution in [2.75, 3.05) is 31.8 Å². The fourth-order valence-corrected chi connectivity index (χ4v) is 3.72. The van der Waals surface area contributed by atoms with Gasteiger partial charge >= 0.3 is 0 Å². The summed E-state index contributed by atoms with van der Waals surface area (Å²) in [4.78, 5) is 35.8. The standard InChI is InChI=1S/C27H23FN4O5/c1-17-4-3-5-19(12-17)37-20-9-11-29-21(13-20)25(33)31-22-14-36-23-7-6-18(8-10-27(28)15-35-16-27)30-24(23)32(2)26(22)34/h3-7,9,11-13,22H,14-16H2,1-2H3,(H,31,33)/t22-/m0/s1. The number of hydrogen-bond acceptors (Lipinski definition) is 7. The molecule has 188 valence electrons. The number of likely N-dealkylation sites (N-methyl/N-ethyl adjacent to an activating group) is 1. The summed E-state index contributed by atoms with van der Waals surface area (Å²) in [5.74, 6) is 5.81. The average Bonchev–Trinajstić information content (AvgIpc) is 2.98. The number of hydrogen-bond donors (Lipinski definition) is 1. The van der Waals surface area contributed by atoms with Gasteiger partial charge in [0.25, 0.3) is 11.8 Å². The van der Waals surface area contributed by atoms with Crippen LogP contribution < -0.4 is 19.7 Å². The van der Waals surface area contributed by atoms with E-state index in [2.05, 4.69) is 27.1 Å². The van der Waals surface area contributed by atoms with Crippen LogP contribution in [-0.2, 0) is 9.53 Å². The molecule has 4 heterocycles. The Labute approximate surface area is 212 Å². The Morgan fingerprint density at radius 2 is 2.03 bits per heavy atom. The molecule has 10 heteroatoms. The molecule has 0 spiro atoms. The van der Waals surface area contributed by atoms with Gasteiger partial charge in [0, 0.05) is 19.3 Å². The molecule has 5 rings (SSSR count). The van der Waals surface area contributed by atoms with Crippen LogP contribution in [0.2, 0.25) is 0 Å². The molecule has 0 saturated carbocycles. The van der Waals surface area contributed by atoms with Crippen molar-refractivity contribution >= 4 is 17.6 Å². The van der Waals surface area contributed by atoms with E-state index in [1.807, 2.05) is 31.2 Å². The lowest BCUT2D eigenvalue weighted by Gasteiger charge is -2.28. The van der Waals surface area contributed by atoms with Crippen LogP contribution in [0.5, 0.6) is 17.2 Å². The molecule has 1 atom stereocenters. The number of amides is 2. The zero-order valence-corrected chi connectivity index (χ0v) is 20.2. The monoisotopic (exact) mass is 502 g/mol. The number of aromatic nitrogens is 2. The molecular formula is C27H23FN4O5. The van der Waals surface area contributed by atoms with Gasteiger partial charge in [0.2, 0.25) is 5.67 Å². The summed E-state index contributed by atoms with van der Waals surface area (Å²) in [7, 11) is 1.52. The molecule has 9 nitrogen and oxygen atoms in total. The van der Waals surface area contributed by atoms with E-state index in [9.17, 15) is 14.0 Å². The first-order valence-electron chi connectivity index (χ1n) is 11.5. The molecule has 0 unspecified atom stereocenters. The first kappa shape index (κ1) is 24.2. The number of rotatable bonds is 4. The van der Waals surface area contributed by atoms with Crippen molar-refractivity contribution in [2.24, 2.45) is 0 Å². The van der Waals surface area contributed by atoms with Gasteiger partial charge in [-0.15, -0.1) is 0 Å². The van der Waals surface area contributed by atoms with Crippen molar-refractivity contribution in [2.45, 2.75) is 18.6 Å². The second-order valence-corrected chi connectivity index (χ2v) is 8.76. The third-order valence-electron chi connectivity index (χ3n) is 5.76. The third-order valence-corrected chi connectivity index (χ3v) is 5.76. The highest BCUT2D eigenvalue weighted by atomic mass is 19.1. The number of halogens is 1. The zero-order valence-electron chi connectivity index (χ0n) is 20.2. The molecule has 2 aliphatic rings. The SMILES string of the molecule is Cc1cccc(Oc2ccnc(C(=O)N[C@H]3COc4ccc(C#CC5(F)COC5)nc4N(C)C3=O)c2)c1. The number of nitrogens with zero attached hydrogens (tertiary/aromatic N) is 3. The highest BCUT2D eigenvalue weighted by Gasteiger charge is 2.37. The van der Waals surface area contributed by atoms with Crippen LogP contribution in [0.4, 0.5) is 10.2 Å². The number of pyridine rings is 2. The Morgan fingerprint density at radius 3 is 2.78 bits per heavy atom. The summed E-state index contributed by atoms with van der Waals surface area (Å²) >= 11 is 0. The predicted octanol–water partition coefficient (Wildman–Crippen LogP) is 2.82. The van der Waals surface area contributed by atoms with Crippen LogP contribution in [0.1, 0.15) is 21.7 Å². The van der Waals surface area contributed by atoms with Gasteiger partial charge in [-0.25, -0.2) is 9.37 Å². The first-order chi connectivity index (χ1) is 17.8. The van der Waals surface area contributed by atoms with Gasteiger partial charge in [0.1, 0.15) is 35.5 Å². The number of nitrogens with one attached hydrogen (secondary N) is 1. The molecule has 0 aliphatic carbocycles. The number of anilines is 1. The lowest BCUT2D eigenvalue weighted by molar-refractivity contribution is -0.120. The van der Waals surface area contributed by atoms with Crippen LogP contribution in [0.15, 0.2) is 54.7 Å². The topological polar surface area (TPSA) is 103 Å². The molecule has 1 fully saturated rings. The Morgan fingerprint density at radius 1 is 1.22 bits per heavy atom. The Kier molecular flexibility index (Phi) is 6.46. The second-order valence-electron chi connectivity index (χ2n) is 8.76. The highest BCUT2D eigenvalue weighted by Crippen LogP contribution is 2.29. The third kappa shape index (κ3) is 5.37. The largest absolute Gasteiger partial charge is 0.487 e. The van der Waals surface area contributed by atoms with Crippen molar-refractivity contribution in [3.05, 3.63) is 71.7 Å². The maximum atomic E-state index is 14.1. The van der Waals surface area contributed by atoms with E-state index >= 15 is 0 Å². The summed E-state index contributed by atoms with van der Waals surface area (Å²) < 4.78 is 30.6. The van der Waals surface area contributed by atoms with Gasteiger partial charge in [-0.1, -0.05) is 18.1 Å². The smallest absolute Gasteiger partial charge is 0.270 e. The molecule has 1 aromatic carbocycles. The number of fused-ring (bicyclic) bond motifs is 1. The van der Waals surface area contributed by atoms with Gasteiger partial charge in [0.15, 0.2) is 11.6 Å². The first-order valence-corrected chi connectivity index (χ1v) is 11.5. The van der Waals surface area contributed by atoms with Crippen molar-refractivity contribution in [3.63, 3.8) is 0 Å². The molecule has 2 amide bonds. The van der Waals surface area contributed by atoms with Crippen molar-refractivity contribution in [3.8, 4) is 29.1 Å². The summed E-state index contributed by atoms with van der Waals surface area (Å²) in [6.45, 7) is 1.68. The van der Waals surface area contributed by atoms with Gasteiger partial charge in [-0.3, -0.25) is 19.5 Å². The summed E-state index contributed by atoms with van der Waals surface area (Å²) in [6, 6.07) is 12.8. The van der Waals surface area contributed by atoms with Crippen LogP contribution in [-0.4, -0.2) is 60.4 Å². The lowest BCUT2D eigenvalue weighted by atomic mass is 10.1. The summed E-state index contributed by atoms with van der Waals surface area (Å²) in [5.41, 5.74) is -0.283. The van der Waals surface area contributed by atoms with Gasteiger partial charge in [-0.2, -0.15) is 0 Å². The van der Waals surface area contributed by atoms with Gasteiger partial charge in [0.05, 0.1) is 13.2 Å². The maximum absolute atomic E-state index is 14.1. The van der Waals surface area contributed by atoms with E-state index in [1.54, 1.807) is 18.2 Å². The number of aryl methyl sites for hydroxylation is 1. The average molecular weight is 503 g/mol. The van der Waals surface area contributed by atoms with Crippen molar-refractivity contribution < 1.29 is 28.2 Å². The van der Waals surface area contributed by atoms with Gasteiger partial charge < -0.3 is 19.5 Å². The van der Waals surface area contributed by atoms with E-state index in [0.29, 0.717) is 17.2 Å². The molecule has 37 heavy (non-hydrogen) atoms. The molecular weight excluding hydrogens is 479 g/mol. The number of carbonyl (C=O) groups excluding carboxylic acids is 2. The molecule has 2 aromatic heterocycles. The van der Waals surface area contributed by atoms with Crippen LogP contribution in [0, 0.1) is 18.8 Å². The lowest BCUT2D eigenvalue weighted by Crippen LogP contribution is -2.49. The fourth-order valence-electron chi connectivity index (χ4n) is 3.72. The van der Waals surface area contributed by atoms with Crippen LogP contribution >= 0.6 is 0 Å². The Bertz CT molecular complexity index is 1430. The van der Waals surface area contributed by atoms with Crippen molar-refractivity contribution in [1.82, 2.24) is 15.3 Å². The second kappa shape index (κ2) is 9.87. The number of benzene rings is 1. The molecule has 0 radical (unpaired) electrons. The minimum absolute atomic E-state index is 0.0797. The quantitative estimate of drug-likeness (QED) is 0.548. The van der Waals surface area contributed by atoms with E-state index in [4.69, 9.17) is 14.2 Å². The number of alkyl halides is 1. The minimum atomic E-state index is -1.68. The maximum Gasteiger partial charge on any atom is 0.270 e. The van der Waals surface area contributed by atoms with E-state index in [-0.39, 0.29) is 37.0 Å². The fraction of sp³-hybridized carbons (Fsp3) is 0.259. The summed E-state index contributed by atoms with van der Waals surface area (Å²) in [6.07, 6.45) is 1.46. The normalized spacial score (nSPS) is 17.8. The number of ether oxygens (including phenoxy) is 3. The summed E-state index contributed by atoms with van der Waals surface area (Å²) in [5, 5.41) is 2.67. The minimum Gasteiger partial charge on any atom is -0.487 e. The van der Waals surface area contributed by atoms with Crippen LogP contribution in [0.3, 0.4) is 0 Å². The Balaban J connectivity index is 1.29. The molecule has 1 N–H and O–H groups in total. The Hall–Kier alpha value is -4.49. The van der Waals surface area contributed by atoms with E-state index < -0.39 is 23.5 Å². The molecule has 2 aliphatic heterocycles.